The number of hydrogen-bond acceptors (Lipinski definition) is 3. The smallest absolute Gasteiger partial charge is 0.203 e. The standard InChI is InChI=1S/C6H9O3/c7-3-2-6-8-4-1-5-9-6/h6H,1-2,4-5H2. The maximum atomic E-state index is 9.79. The molecule has 0 spiro atoms. The lowest BCUT2D eigenvalue weighted by Crippen LogP contribution is -2.24. The lowest BCUT2D eigenvalue weighted by molar-refractivity contribution is -0.173. The maximum absolute atomic E-state index is 9.79. The van der Waals surface area contributed by atoms with Crippen molar-refractivity contribution in [1.29, 1.82) is 0 Å². The van der Waals surface area contributed by atoms with Gasteiger partial charge in [-0.1, -0.05) is 0 Å². The molecule has 0 unspecified atom stereocenters. The van der Waals surface area contributed by atoms with Crippen LogP contribution in [0.1, 0.15) is 12.8 Å². The molecule has 9 heavy (non-hydrogen) atoms. The minimum absolute atomic E-state index is 0.236. The Balaban J connectivity index is 2.15. The highest BCUT2D eigenvalue weighted by Gasteiger charge is 2.12. The normalized spacial score (nSPS) is 21.8. The molecular weight excluding hydrogens is 120 g/mol. The van der Waals surface area contributed by atoms with Crippen LogP contribution in [0.2, 0.25) is 0 Å². The first kappa shape index (κ1) is 6.71. The predicted octanol–water partition coefficient (Wildman–Crippen LogP) is 0.249. The third-order valence-corrected chi connectivity index (χ3v) is 1.15. The van der Waals surface area contributed by atoms with Crippen molar-refractivity contribution in [3.05, 3.63) is 0 Å². The average molecular weight is 129 g/mol. The van der Waals surface area contributed by atoms with E-state index in [1.165, 1.54) is 0 Å². The van der Waals surface area contributed by atoms with Crippen LogP contribution in [0.4, 0.5) is 0 Å². The molecule has 1 rings (SSSR count). The highest BCUT2D eigenvalue weighted by atomic mass is 16.7. The van der Waals surface area contributed by atoms with Crippen LogP contribution in [-0.4, -0.2) is 25.8 Å². The minimum atomic E-state index is -0.323. The molecule has 0 aromatic heterocycles. The zero-order chi connectivity index (χ0) is 6.53. The van der Waals surface area contributed by atoms with Crippen LogP contribution < -0.4 is 0 Å². The SMILES string of the molecule is O=[C]CC1OCCCO1. The summed E-state index contributed by atoms with van der Waals surface area (Å²) in [5.74, 6) is 0. The van der Waals surface area contributed by atoms with Crippen LogP contribution in [-0.2, 0) is 14.3 Å². The summed E-state index contributed by atoms with van der Waals surface area (Å²) in [5, 5.41) is 0. The van der Waals surface area contributed by atoms with Crippen molar-refractivity contribution in [3.8, 4) is 0 Å². The number of ether oxygens (including phenoxy) is 2. The molecule has 0 bridgehead atoms. The molecule has 3 nitrogen and oxygen atoms in total. The molecule has 1 radical (unpaired) electrons. The van der Waals surface area contributed by atoms with Crippen molar-refractivity contribution < 1.29 is 14.3 Å². The second-order valence-corrected chi connectivity index (χ2v) is 1.87. The van der Waals surface area contributed by atoms with Gasteiger partial charge in [0.05, 0.1) is 19.6 Å². The molecule has 0 aliphatic carbocycles. The van der Waals surface area contributed by atoms with Crippen molar-refractivity contribution in [1.82, 2.24) is 0 Å². The van der Waals surface area contributed by atoms with Gasteiger partial charge in [-0.05, 0) is 6.42 Å². The summed E-state index contributed by atoms with van der Waals surface area (Å²) < 4.78 is 10.1. The van der Waals surface area contributed by atoms with Gasteiger partial charge in [0.15, 0.2) is 6.29 Å². The average Bonchev–Trinajstić information content (AvgIpc) is 1.91. The third-order valence-electron chi connectivity index (χ3n) is 1.15. The van der Waals surface area contributed by atoms with Crippen molar-refractivity contribution in [2.75, 3.05) is 13.2 Å². The fraction of sp³-hybridized carbons (Fsp3) is 0.833. The van der Waals surface area contributed by atoms with Gasteiger partial charge in [0.25, 0.3) is 0 Å². The van der Waals surface area contributed by atoms with Crippen LogP contribution in [0.3, 0.4) is 0 Å². The summed E-state index contributed by atoms with van der Waals surface area (Å²) in [7, 11) is 0. The summed E-state index contributed by atoms with van der Waals surface area (Å²) in [5.41, 5.74) is 0. The zero-order valence-corrected chi connectivity index (χ0v) is 5.13. The zero-order valence-electron chi connectivity index (χ0n) is 5.13. The van der Waals surface area contributed by atoms with E-state index in [0.29, 0.717) is 13.2 Å². The first-order valence-electron chi connectivity index (χ1n) is 3.01. The predicted molar refractivity (Wildman–Crippen MR) is 30.6 cm³/mol. The summed E-state index contributed by atoms with van der Waals surface area (Å²) in [4.78, 5) is 9.79. The van der Waals surface area contributed by atoms with Crippen LogP contribution in [0, 0.1) is 0 Å². The third kappa shape index (κ3) is 2.11. The molecule has 1 aliphatic rings. The van der Waals surface area contributed by atoms with E-state index in [0.717, 1.165) is 6.42 Å². The molecule has 0 atom stereocenters. The molecule has 0 N–H and O–H groups in total. The monoisotopic (exact) mass is 129 g/mol. The van der Waals surface area contributed by atoms with E-state index in [4.69, 9.17) is 9.47 Å². The van der Waals surface area contributed by atoms with Gasteiger partial charge in [-0.2, -0.15) is 0 Å². The fourth-order valence-corrected chi connectivity index (χ4v) is 0.722. The van der Waals surface area contributed by atoms with E-state index in [2.05, 4.69) is 0 Å². The molecule has 0 saturated carbocycles. The first-order valence-corrected chi connectivity index (χ1v) is 3.01. The van der Waals surface area contributed by atoms with Crippen LogP contribution in [0.15, 0.2) is 0 Å². The Labute approximate surface area is 53.9 Å². The van der Waals surface area contributed by atoms with Crippen molar-refractivity contribution in [2.45, 2.75) is 19.1 Å². The molecule has 1 heterocycles. The highest BCUT2D eigenvalue weighted by molar-refractivity contribution is 5.50. The Hall–Kier alpha value is -0.410. The number of hydrogen-bond donors (Lipinski definition) is 0. The molecule has 1 saturated heterocycles. The van der Waals surface area contributed by atoms with E-state index >= 15 is 0 Å². The Morgan fingerprint density at radius 2 is 2.11 bits per heavy atom. The molecular formula is C6H9O3. The summed E-state index contributed by atoms with van der Waals surface area (Å²) in [6, 6.07) is 0. The van der Waals surface area contributed by atoms with Gasteiger partial charge in [-0.15, -0.1) is 0 Å². The van der Waals surface area contributed by atoms with Gasteiger partial charge >= 0.3 is 0 Å². The number of carbonyl (C=O) groups excluding carboxylic acids is 1. The van der Waals surface area contributed by atoms with E-state index < -0.39 is 0 Å². The number of rotatable bonds is 2. The molecule has 51 valence electrons. The lowest BCUT2D eigenvalue weighted by Gasteiger charge is -2.20. The molecule has 0 aromatic carbocycles. The van der Waals surface area contributed by atoms with Crippen molar-refractivity contribution in [2.24, 2.45) is 0 Å². The van der Waals surface area contributed by atoms with Crippen LogP contribution in [0.5, 0.6) is 0 Å². The molecule has 0 aromatic rings. The Morgan fingerprint density at radius 3 is 2.67 bits per heavy atom. The van der Waals surface area contributed by atoms with Gasteiger partial charge in [-0.25, -0.2) is 0 Å². The van der Waals surface area contributed by atoms with E-state index in [-0.39, 0.29) is 12.7 Å². The van der Waals surface area contributed by atoms with E-state index in [1.807, 2.05) is 0 Å². The highest BCUT2D eigenvalue weighted by Crippen LogP contribution is 2.05. The molecule has 1 fully saturated rings. The second kappa shape index (κ2) is 3.58. The first-order chi connectivity index (χ1) is 4.43. The Morgan fingerprint density at radius 1 is 1.44 bits per heavy atom. The fourth-order valence-electron chi connectivity index (χ4n) is 0.722. The Kier molecular flexibility index (Phi) is 2.67. The van der Waals surface area contributed by atoms with Gasteiger partial charge < -0.3 is 9.47 Å². The Bertz CT molecular complexity index is 86.3. The molecule has 1 aliphatic heterocycles. The second-order valence-electron chi connectivity index (χ2n) is 1.87. The molecule has 3 heteroatoms. The van der Waals surface area contributed by atoms with E-state index in [1.54, 1.807) is 6.29 Å². The van der Waals surface area contributed by atoms with Gasteiger partial charge in [0.2, 0.25) is 6.29 Å². The van der Waals surface area contributed by atoms with Crippen LogP contribution >= 0.6 is 0 Å². The topological polar surface area (TPSA) is 35.5 Å². The van der Waals surface area contributed by atoms with Crippen LogP contribution in [0.25, 0.3) is 0 Å². The van der Waals surface area contributed by atoms with Gasteiger partial charge in [0, 0.05) is 0 Å². The molecule has 0 amide bonds. The quantitative estimate of drug-likeness (QED) is 0.536. The van der Waals surface area contributed by atoms with Gasteiger partial charge in [0.1, 0.15) is 0 Å². The largest absolute Gasteiger partial charge is 0.352 e. The summed E-state index contributed by atoms with van der Waals surface area (Å²) in [6.45, 7) is 1.40. The lowest BCUT2D eigenvalue weighted by atomic mass is 10.4. The maximum Gasteiger partial charge on any atom is 0.203 e. The van der Waals surface area contributed by atoms with Crippen molar-refractivity contribution >= 4 is 6.29 Å². The minimum Gasteiger partial charge on any atom is -0.352 e. The summed E-state index contributed by atoms with van der Waals surface area (Å²) in [6.07, 6.45) is 2.58. The van der Waals surface area contributed by atoms with Gasteiger partial charge in [-0.3, -0.25) is 4.79 Å². The summed E-state index contributed by atoms with van der Waals surface area (Å²) >= 11 is 0. The van der Waals surface area contributed by atoms with Crippen molar-refractivity contribution in [3.63, 3.8) is 0 Å². The van der Waals surface area contributed by atoms with E-state index in [9.17, 15) is 4.79 Å².